The van der Waals surface area contributed by atoms with Crippen LogP contribution in [0.5, 0.6) is 5.75 Å². The summed E-state index contributed by atoms with van der Waals surface area (Å²) in [5.41, 5.74) is 1.81. The van der Waals surface area contributed by atoms with Gasteiger partial charge in [-0.05, 0) is 42.7 Å². The van der Waals surface area contributed by atoms with Gasteiger partial charge in [0.2, 0.25) is 5.91 Å². The molecule has 2 aromatic rings. The Morgan fingerprint density at radius 2 is 2.00 bits per heavy atom. The average molecular weight is 342 g/mol. The first-order chi connectivity index (χ1) is 12.0. The molecule has 0 bridgehead atoms. The molecule has 1 aromatic carbocycles. The second-order valence-electron chi connectivity index (χ2n) is 6.49. The van der Waals surface area contributed by atoms with Crippen molar-refractivity contribution in [1.82, 2.24) is 10.3 Å². The highest BCUT2D eigenvalue weighted by Gasteiger charge is 2.16. The maximum Gasteiger partial charge on any atom is 0.223 e. The van der Waals surface area contributed by atoms with Gasteiger partial charge in [-0.1, -0.05) is 32.0 Å². The molecule has 5 nitrogen and oxygen atoms in total. The highest BCUT2D eigenvalue weighted by Crippen LogP contribution is 2.20. The fourth-order valence-corrected chi connectivity index (χ4v) is 2.32. The van der Waals surface area contributed by atoms with Crippen LogP contribution in [0, 0.1) is 5.92 Å². The molecule has 2 unspecified atom stereocenters. The lowest BCUT2D eigenvalue weighted by atomic mass is 10.0. The van der Waals surface area contributed by atoms with E-state index in [2.05, 4.69) is 10.3 Å². The number of hydrogen-bond donors (Lipinski definition) is 2. The highest BCUT2D eigenvalue weighted by atomic mass is 16.5. The van der Waals surface area contributed by atoms with Crippen molar-refractivity contribution in [3.8, 4) is 5.75 Å². The van der Waals surface area contributed by atoms with Crippen LogP contribution in [-0.4, -0.2) is 22.1 Å². The van der Waals surface area contributed by atoms with Gasteiger partial charge in [-0.3, -0.25) is 9.78 Å². The summed E-state index contributed by atoms with van der Waals surface area (Å²) in [4.78, 5) is 16.3. The van der Waals surface area contributed by atoms with Crippen molar-refractivity contribution >= 4 is 5.91 Å². The fraction of sp³-hybridized carbons (Fsp3) is 0.400. The van der Waals surface area contributed by atoms with Crippen LogP contribution < -0.4 is 10.1 Å². The number of rotatable bonds is 8. The largest absolute Gasteiger partial charge is 0.487 e. The molecular formula is C20H26N2O3. The predicted molar refractivity (Wildman–Crippen MR) is 97.0 cm³/mol. The van der Waals surface area contributed by atoms with Crippen molar-refractivity contribution in [2.24, 2.45) is 5.92 Å². The quantitative estimate of drug-likeness (QED) is 0.772. The number of nitrogens with one attached hydrogen (secondary N) is 1. The third kappa shape index (κ3) is 6.19. The number of aromatic nitrogens is 1. The third-order valence-corrected chi connectivity index (χ3v) is 4.01. The second kappa shape index (κ2) is 9.18. The van der Waals surface area contributed by atoms with Crippen LogP contribution in [0.15, 0.2) is 48.7 Å². The zero-order valence-electron chi connectivity index (χ0n) is 15.0. The van der Waals surface area contributed by atoms with Gasteiger partial charge in [-0.15, -0.1) is 0 Å². The normalized spacial score (nSPS) is 13.3. The Morgan fingerprint density at radius 3 is 2.68 bits per heavy atom. The van der Waals surface area contributed by atoms with E-state index >= 15 is 0 Å². The molecule has 0 saturated carbocycles. The maximum atomic E-state index is 12.0. The summed E-state index contributed by atoms with van der Waals surface area (Å²) in [6, 6.07) is 13.2. The van der Waals surface area contributed by atoms with Gasteiger partial charge in [-0.2, -0.15) is 0 Å². The maximum absolute atomic E-state index is 12.0. The minimum Gasteiger partial charge on any atom is -0.487 e. The number of amides is 1. The van der Waals surface area contributed by atoms with E-state index < -0.39 is 6.10 Å². The van der Waals surface area contributed by atoms with Crippen molar-refractivity contribution in [3.05, 3.63) is 59.9 Å². The minimum absolute atomic E-state index is 0.0596. The topological polar surface area (TPSA) is 71.5 Å². The summed E-state index contributed by atoms with van der Waals surface area (Å²) in [6.45, 7) is 6.09. The Labute approximate surface area is 149 Å². The number of aliphatic hydroxyl groups excluding tert-OH is 1. The first kappa shape index (κ1) is 18.9. The van der Waals surface area contributed by atoms with E-state index in [4.69, 9.17) is 4.74 Å². The van der Waals surface area contributed by atoms with Gasteiger partial charge in [0.25, 0.3) is 0 Å². The highest BCUT2D eigenvalue weighted by molar-refractivity contribution is 5.76. The summed E-state index contributed by atoms with van der Waals surface area (Å²) in [5, 5.41) is 12.7. The lowest BCUT2D eigenvalue weighted by Gasteiger charge is -2.18. The molecule has 0 radical (unpaired) electrons. The zero-order valence-corrected chi connectivity index (χ0v) is 15.0. The van der Waals surface area contributed by atoms with Gasteiger partial charge in [0.1, 0.15) is 12.4 Å². The Morgan fingerprint density at radius 1 is 1.20 bits per heavy atom. The number of pyridine rings is 1. The lowest BCUT2D eigenvalue weighted by Crippen LogP contribution is -2.31. The minimum atomic E-state index is -0.625. The molecule has 2 rings (SSSR count). The molecular weight excluding hydrogens is 316 g/mol. The van der Waals surface area contributed by atoms with Crippen LogP contribution in [0.3, 0.4) is 0 Å². The van der Waals surface area contributed by atoms with E-state index in [9.17, 15) is 9.90 Å². The van der Waals surface area contributed by atoms with Crippen LogP contribution in [0.25, 0.3) is 0 Å². The van der Waals surface area contributed by atoms with Gasteiger partial charge < -0.3 is 15.2 Å². The number of carbonyl (C=O) groups is 1. The van der Waals surface area contributed by atoms with Gasteiger partial charge in [0, 0.05) is 6.20 Å². The Kier molecular flexibility index (Phi) is 6.95. The smallest absolute Gasteiger partial charge is 0.223 e. The van der Waals surface area contributed by atoms with Crippen LogP contribution in [-0.2, 0) is 11.4 Å². The second-order valence-corrected chi connectivity index (χ2v) is 6.49. The first-order valence-corrected chi connectivity index (χ1v) is 8.56. The van der Waals surface area contributed by atoms with Gasteiger partial charge >= 0.3 is 0 Å². The monoisotopic (exact) mass is 342 g/mol. The molecule has 0 fully saturated rings. The number of carbonyl (C=O) groups excluding carboxylic acids is 1. The fourth-order valence-electron chi connectivity index (χ4n) is 2.32. The Balaban J connectivity index is 1.92. The summed E-state index contributed by atoms with van der Waals surface area (Å²) < 4.78 is 5.77. The number of aliphatic hydroxyl groups is 1. The van der Waals surface area contributed by atoms with Gasteiger partial charge in [0.05, 0.1) is 24.3 Å². The summed E-state index contributed by atoms with van der Waals surface area (Å²) in [7, 11) is 0. The molecule has 0 aliphatic carbocycles. The van der Waals surface area contributed by atoms with E-state index in [1.807, 2.05) is 63.2 Å². The molecule has 25 heavy (non-hydrogen) atoms. The standard InChI is InChI=1S/C20H26N2O3/c1-14(2)19(23)12-20(24)22-15(3)16-7-6-9-18(11-16)25-13-17-8-4-5-10-21-17/h4-11,14-15,19,23H,12-13H2,1-3H3,(H,22,24). The summed E-state index contributed by atoms with van der Waals surface area (Å²) in [5.74, 6) is 0.629. The van der Waals surface area contributed by atoms with Crippen molar-refractivity contribution < 1.29 is 14.6 Å². The zero-order chi connectivity index (χ0) is 18.2. The van der Waals surface area contributed by atoms with Gasteiger partial charge in [-0.25, -0.2) is 0 Å². The van der Waals surface area contributed by atoms with E-state index in [1.54, 1.807) is 6.20 Å². The molecule has 1 amide bonds. The molecule has 0 aliphatic rings. The summed E-state index contributed by atoms with van der Waals surface area (Å²) >= 11 is 0. The van der Waals surface area contributed by atoms with Crippen molar-refractivity contribution in [2.75, 3.05) is 0 Å². The SMILES string of the molecule is CC(NC(=O)CC(O)C(C)C)c1cccc(OCc2ccccn2)c1. The Hall–Kier alpha value is -2.40. The molecule has 0 aliphatic heterocycles. The third-order valence-electron chi connectivity index (χ3n) is 4.01. The molecule has 134 valence electrons. The molecule has 1 aromatic heterocycles. The van der Waals surface area contributed by atoms with E-state index in [-0.39, 0.29) is 24.3 Å². The Bertz CT molecular complexity index is 674. The van der Waals surface area contributed by atoms with Crippen LogP contribution >= 0.6 is 0 Å². The summed E-state index contributed by atoms with van der Waals surface area (Å²) in [6.07, 6.45) is 1.22. The molecule has 5 heteroatoms. The van der Waals surface area contributed by atoms with E-state index in [1.165, 1.54) is 0 Å². The molecule has 2 atom stereocenters. The van der Waals surface area contributed by atoms with E-state index in [0.717, 1.165) is 17.0 Å². The van der Waals surface area contributed by atoms with Crippen LogP contribution in [0.2, 0.25) is 0 Å². The van der Waals surface area contributed by atoms with Gasteiger partial charge in [0.15, 0.2) is 0 Å². The average Bonchev–Trinajstić information content (AvgIpc) is 2.61. The first-order valence-electron chi connectivity index (χ1n) is 8.56. The predicted octanol–water partition coefficient (Wildman–Crippen LogP) is 3.24. The molecule has 2 N–H and O–H groups in total. The van der Waals surface area contributed by atoms with Crippen molar-refractivity contribution in [1.29, 1.82) is 0 Å². The lowest BCUT2D eigenvalue weighted by molar-refractivity contribution is -0.124. The molecule has 0 spiro atoms. The number of benzene rings is 1. The molecule has 1 heterocycles. The van der Waals surface area contributed by atoms with E-state index in [0.29, 0.717) is 6.61 Å². The molecule has 0 saturated heterocycles. The van der Waals surface area contributed by atoms with Crippen LogP contribution in [0.1, 0.15) is 44.5 Å². The van der Waals surface area contributed by atoms with Crippen molar-refractivity contribution in [2.45, 2.75) is 45.9 Å². The number of nitrogens with zero attached hydrogens (tertiary/aromatic N) is 1. The van der Waals surface area contributed by atoms with Crippen LogP contribution in [0.4, 0.5) is 0 Å². The number of hydrogen-bond acceptors (Lipinski definition) is 4. The number of ether oxygens (including phenoxy) is 1. The van der Waals surface area contributed by atoms with Crippen molar-refractivity contribution in [3.63, 3.8) is 0 Å².